The summed E-state index contributed by atoms with van der Waals surface area (Å²) in [6, 6.07) is 10.1. The summed E-state index contributed by atoms with van der Waals surface area (Å²) in [5.74, 6) is -5.40. The first-order valence-electron chi connectivity index (χ1n) is 23.3. The number of hydrogen-bond acceptors (Lipinski definition) is 12. The lowest BCUT2D eigenvalue weighted by Gasteiger charge is -2.60. The first-order chi connectivity index (χ1) is 33.7. The molecule has 4 aromatic heterocycles. The zero-order valence-electron chi connectivity index (χ0n) is 37.9. The highest BCUT2D eigenvalue weighted by Gasteiger charge is 2.53. The van der Waals surface area contributed by atoms with Gasteiger partial charge in [-0.2, -0.15) is 5.10 Å². The van der Waals surface area contributed by atoms with E-state index >= 15 is 13.2 Å². The number of piperidine rings is 1. The number of benzene rings is 2. The van der Waals surface area contributed by atoms with Gasteiger partial charge in [0.1, 0.15) is 11.6 Å². The van der Waals surface area contributed by atoms with Crippen molar-refractivity contribution in [2.45, 2.75) is 56.7 Å². The van der Waals surface area contributed by atoms with E-state index in [9.17, 15) is 24.0 Å². The number of fused-ring (bicyclic) bond motifs is 3. The van der Waals surface area contributed by atoms with E-state index in [1.54, 1.807) is 60.1 Å². The highest BCUT2D eigenvalue weighted by Crippen LogP contribution is 2.45. The topological polar surface area (TPSA) is 187 Å². The van der Waals surface area contributed by atoms with Gasteiger partial charge in [0.2, 0.25) is 11.8 Å². The number of aryl methyl sites for hydroxylation is 2. The van der Waals surface area contributed by atoms with Crippen LogP contribution in [0, 0.1) is 11.2 Å². The van der Waals surface area contributed by atoms with Gasteiger partial charge in [-0.3, -0.25) is 44.3 Å². The quantitative estimate of drug-likeness (QED) is 0.190. The molecule has 4 saturated heterocycles. The van der Waals surface area contributed by atoms with Crippen LogP contribution in [0.5, 0.6) is 0 Å². The fraction of sp³-hybridized carbons (Fsp3) is 0.396. The van der Waals surface area contributed by atoms with Crippen molar-refractivity contribution in [2.24, 2.45) is 12.5 Å². The van der Waals surface area contributed by atoms with Crippen molar-refractivity contribution in [3.05, 3.63) is 100 Å². The first kappa shape index (κ1) is 44.0. The number of anilines is 3. The van der Waals surface area contributed by atoms with Crippen molar-refractivity contribution in [1.82, 2.24) is 49.3 Å². The number of carbonyl (C=O) groups is 5. The Balaban J connectivity index is 0.650. The number of pyridine rings is 1. The lowest BCUT2D eigenvalue weighted by atomic mass is 9.73. The van der Waals surface area contributed by atoms with Crippen molar-refractivity contribution in [3.63, 3.8) is 0 Å². The standard InChI is InChI=1S/C48H46F3N13O5S/c1-58-36-17-27(4-6-30(36)42(57-58)63-13-9-38(65)55-46(63)69)33-8-12-60(25-48(33,50)51)39(66)20-59-21-47(22-59)23-62(24-47)37-7-5-28(18-53-37)29-15-31-32(34(49)16-29)19-64(44(31)68)41(43(67)56-45-52-10-14-70-45)40-35-3-2-11-61(35)26-54-40/h4-7,10,14-18,26,33,41H,2-3,8-9,11-13,19-25H2,1H3,(H,52,56,67)(H,55,65,69). The van der Waals surface area contributed by atoms with E-state index in [2.05, 4.69) is 30.6 Å². The minimum atomic E-state index is -3.18. The predicted octanol–water partition coefficient (Wildman–Crippen LogP) is 4.93. The van der Waals surface area contributed by atoms with Crippen LogP contribution in [-0.4, -0.2) is 132 Å². The van der Waals surface area contributed by atoms with Crippen LogP contribution in [0.4, 0.5) is 34.7 Å². The number of hydrogen-bond donors (Lipinski definition) is 2. The molecule has 70 heavy (non-hydrogen) atoms. The predicted molar refractivity (Wildman–Crippen MR) is 250 cm³/mol. The number of halogens is 3. The fourth-order valence-corrected chi connectivity index (χ4v) is 11.9. The number of likely N-dealkylation sites (tertiary alicyclic amines) is 2. The molecule has 2 aromatic carbocycles. The van der Waals surface area contributed by atoms with Gasteiger partial charge in [0.25, 0.3) is 17.7 Å². The summed E-state index contributed by atoms with van der Waals surface area (Å²) in [6.45, 7) is 3.11. The first-order valence-corrected chi connectivity index (χ1v) is 24.1. The van der Waals surface area contributed by atoms with Crippen LogP contribution in [0.2, 0.25) is 0 Å². The molecule has 2 N–H and O–H groups in total. The van der Waals surface area contributed by atoms with Crippen LogP contribution in [0.15, 0.2) is 66.6 Å². The Kier molecular flexibility index (Phi) is 10.4. The highest BCUT2D eigenvalue weighted by molar-refractivity contribution is 7.13. The Bertz CT molecular complexity index is 3140. The molecule has 0 saturated carbocycles. The van der Waals surface area contributed by atoms with Crippen LogP contribution >= 0.6 is 11.3 Å². The van der Waals surface area contributed by atoms with Crippen molar-refractivity contribution < 1.29 is 37.1 Å². The van der Waals surface area contributed by atoms with Gasteiger partial charge >= 0.3 is 6.03 Å². The number of alkyl halides is 2. The molecule has 2 atom stereocenters. The van der Waals surface area contributed by atoms with Gasteiger partial charge in [-0.1, -0.05) is 6.07 Å². The SMILES string of the molecule is Cn1nc(N2CCC(=O)NC2=O)c2ccc(C3CCN(C(=O)CN4CC5(C4)CN(c4ccc(-c6cc(F)c7c(c6)C(=O)N(C(C(=O)Nc6nccs6)c6ncn8c6CCC8)C7)cn4)C5)CC3(F)F)cc21. The summed E-state index contributed by atoms with van der Waals surface area (Å²) in [4.78, 5) is 87.2. The summed E-state index contributed by atoms with van der Waals surface area (Å²) >= 11 is 1.26. The number of nitrogens with one attached hydrogen (secondary N) is 2. The molecule has 22 heteroatoms. The number of urea groups is 1. The molecule has 10 heterocycles. The molecule has 6 aliphatic heterocycles. The molecule has 6 aromatic rings. The number of rotatable bonds is 10. The second kappa shape index (κ2) is 16.5. The number of amides is 6. The van der Waals surface area contributed by atoms with Crippen LogP contribution in [-0.2, 0) is 40.9 Å². The number of nitrogens with zero attached hydrogens (tertiary/aromatic N) is 11. The normalized spacial score (nSPS) is 20.9. The Hall–Kier alpha value is -7.20. The maximum Gasteiger partial charge on any atom is 0.329 e. The van der Waals surface area contributed by atoms with Crippen molar-refractivity contribution in [2.75, 3.05) is 67.5 Å². The summed E-state index contributed by atoms with van der Waals surface area (Å²) < 4.78 is 51.3. The zero-order chi connectivity index (χ0) is 48.2. The molecule has 1 spiro atoms. The average molecular weight is 974 g/mol. The Morgan fingerprint density at radius 3 is 2.56 bits per heavy atom. The van der Waals surface area contributed by atoms with Crippen LogP contribution < -0.4 is 20.4 Å². The smallest absolute Gasteiger partial charge is 0.329 e. The van der Waals surface area contributed by atoms with E-state index < -0.39 is 48.1 Å². The highest BCUT2D eigenvalue weighted by atomic mass is 32.1. The molecule has 360 valence electrons. The number of imide groups is 1. The maximum absolute atomic E-state index is 15.9. The van der Waals surface area contributed by atoms with E-state index in [4.69, 9.17) is 4.98 Å². The molecule has 4 fully saturated rings. The van der Waals surface area contributed by atoms with E-state index in [1.807, 2.05) is 21.6 Å². The third-order valence-corrected chi connectivity index (χ3v) is 15.4. The molecule has 6 aliphatic rings. The lowest BCUT2D eigenvalue weighted by Crippen LogP contribution is -2.73. The van der Waals surface area contributed by atoms with Gasteiger partial charge in [-0.25, -0.2) is 32.9 Å². The number of aromatic nitrogens is 6. The Labute approximate surface area is 402 Å². The van der Waals surface area contributed by atoms with Crippen molar-refractivity contribution in [3.8, 4) is 11.1 Å². The molecule has 0 bridgehead atoms. The Morgan fingerprint density at radius 2 is 1.80 bits per heavy atom. The molecular formula is C48H46F3N13O5S. The third kappa shape index (κ3) is 7.45. The molecule has 18 nitrogen and oxygen atoms in total. The lowest BCUT2D eigenvalue weighted by molar-refractivity contribution is -0.149. The van der Waals surface area contributed by atoms with E-state index in [0.29, 0.717) is 76.8 Å². The molecular weight excluding hydrogens is 928 g/mol. The largest absolute Gasteiger partial charge is 0.355 e. The molecule has 2 unspecified atom stereocenters. The molecule has 12 rings (SSSR count). The molecule has 6 amide bonds. The minimum Gasteiger partial charge on any atom is -0.355 e. The van der Waals surface area contributed by atoms with Gasteiger partial charge in [-0.15, -0.1) is 11.3 Å². The fourth-order valence-electron chi connectivity index (χ4n) is 11.3. The van der Waals surface area contributed by atoms with Gasteiger partial charge in [0.05, 0.1) is 43.1 Å². The second-order valence-electron chi connectivity index (χ2n) is 19.3. The minimum absolute atomic E-state index is 0.0435. The number of carbonyl (C=O) groups excluding carboxylic acids is 5. The van der Waals surface area contributed by atoms with Gasteiger partial charge in [0.15, 0.2) is 17.0 Å². The summed E-state index contributed by atoms with van der Waals surface area (Å²) in [5.41, 5.74) is 3.81. The van der Waals surface area contributed by atoms with Crippen molar-refractivity contribution >= 4 is 68.7 Å². The Morgan fingerprint density at radius 1 is 0.957 bits per heavy atom. The van der Waals surface area contributed by atoms with Gasteiger partial charge < -0.3 is 19.3 Å². The maximum atomic E-state index is 15.9. The van der Waals surface area contributed by atoms with Crippen LogP contribution in [0.1, 0.15) is 64.1 Å². The van der Waals surface area contributed by atoms with Crippen molar-refractivity contribution in [1.29, 1.82) is 0 Å². The number of imidazole rings is 1. The summed E-state index contributed by atoms with van der Waals surface area (Å²) in [5, 5.41) is 12.3. The van der Waals surface area contributed by atoms with E-state index in [-0.39, 0.29) is 67.4 Å². The second-order valence-corrected chi connectivity index (χ2v) is 20.2. The average Bonchev–Trinajstić information content (AvgIpc) is 4.17. The van der Waals surface area contributed by atoms with Gasteiger partial charge in [-0.05, 0) is 66.8 Å². The third-order valence-electron chi connectivity index (χ3n) is 14.7. The summed E-state index contributed by atoms with van der Waals surface area (Å²) in [6.07, 6.45) is 6.73. The van der Waals surface area contributed by atoms with Crippen LogP contribution in [0.25, 0.3) is 22.0 Å². The summed E-state index contributed by atoms with van der Waals surface area (Å²) in [7, 11) is 1.68. The number of thiazole rings is 1. The monoisotopic (exact) mass is 973 g/mol. The van der Waals surface area contributed by atoms with Crippen LogP contribution in [0.3, 0.4) is 0 Å². The molecule has 0 radical (unpaired) electrons. The van der Waals surface area contributed by atoms with E-state index in [0.717, 1.165) is 24.5 Å². The van der Waals surface area contributed by atoms with Gasteiger partial charge in [0, 0.05) is 110 Å². The molecule has 0 aliphatic carbocycles. The zero-order valence-corrected chi connectivity index (χ0v) is 38.7. The van der Waals surface area contributed by atoms with E-state index in [1.165, 1.54) is 32.1 Å².